The van der Waals surface area contributed by atoms with Crippen LogP contribution in [-0.2, 0) is 19.0 Å². The highest BCUT2D eigenvalue weighted by Crippen LogP contribution is 2.53. The van der Waals surface area contributed by atoms with Crippen LogP contribution in [0.5, 0.6) is 0 Å². The third-order valence-electron chi connectivity index (χ3n) is 6.18. The van der Waals surface area contributed by atoms with Gasteiger partial charge in [-0.25, -0.2) is 4.79 Å². The van der Waals surface area contributed by atoms with E-state index in [0.717, 1.165) is 25.9 Å². The number of hydrogen-bond donors (Lipinski definition) is 0. The molecule has 24 heavy (non-hydrogen) atoms. The van der Waals surface area contributed by atoms with Crippen LogP contribution in [0.15, 0.2) is 0 Å². The predicted molar refractivity (Wildman–Crippen MR) is 84.3 cm³/mol. The molecule has 3 saturated heterocycles. The molecule has 7 heteroatoms. The molecule has 3 aliphatic heterocycles. The minimum atomic E-state index is -0.238. The molecule has 2 bridgehead atoms. The number of morpholine rings is 1. The SMILES string of the molecule is CCOC(=O)C1C2CN(C3CC4COCC(C3)N4C(=O)OC)CC21. The Morgan fingerprint density at radius 3 is 2.25 bits per heavy atom. The van der Waals surface area contributed by atoms with Gasteiger partial charge in [-0.2, -0.15) is 0 Å². The van der Waals surface area contributed by atoms with Crippen molar-refractivity contribution < 1.29 is 23.8 Å². The van der Waals surface area contributed by atoms with E-state index in [2.05, 4.69) is 4.90 Å². The lowest BCUT2D eigenvalue weighted by atomic mass is 9.89. The predicted octanol–water partition coefficient (Wildman–Crippen LogP) is 0.726. The summed E-state index contributed by atoms with van der Waals surface area (Å²) >= 11 is 0. The first kappa shape index (κ1) is 16.1. The topological polar surface area (TPSA) is 68.3 Å². The number of hydrogen-bond acceptors (Lipinski definition) is 6. The number of nitrogens with zero attached hydrogens (tertiary/aromatic N) is 2. The summed E-state index contributed by atoms with van der Waals surface area (Å²) < 4.78 is 15.8. The molecule has 4 atom stereocenters. The number of amides is 1. The fourth-order valence-corrected chi connectivity index (χ4v) is 5.03. The highest BCUT2D eigenvalue weighted by Gasteiger charge is 2.61. The van der Waals surface area contributed by atoms with Crippen LogP contribution in [0.25, 0.3) is 0 Å². The molecule has 1 aliphatic carbocycles. The molecule has 0 radical (unpaired) electrons. The van der Waals surface area contributed by atoms with Gasteiger partial charge in [0.1, 0.15) is 0 Å². The molecule has 7 nitrogen and oxygen atoms in total. The minimum absolute atomic E-state index is 0.0158. The first-order chi connectivity index (χ1) is 11.6. The third-order valence-corrected chi connectivity index (χ3v) is 6.18. The van der Waals surface area contributed by atoms with Gasteiger partial charge in [-0.15, -0.1) is 0 Å². The van der Waals surface area contributed by atoms with Crippen LogP contribution >= 0.6 is 0 Å². The van der Waals surface area contributed by atoms with Crippen molar-refractivity contribution in [1.29, 1.82) is 0 Å². The Morgan fingerprint density at radius 1 is 1.08 bits per heavy atom. The molecular formula is C17H26N2O5. The average molecular weight is 338 g/mol. The summed E-state index contributed by atoms with van der Waals surface area (Å²) in [5, 5.41) is 0. The van der Waals surface area contributed by atoms with Crippen molar-refractivity contribution in [3.05, 3.63) is 0 Å². The molecule has 3 heterocycles. The molecule has 4 fully saturated rings. The largest absolute Gasteiger partial charge is 0.466 e. The number of likely N-dealkylation sites (tertiary alicyclic amines) is 1. The molecule has 134 valence electrons. The number of carbonyl (C=O) groups excluding carboxylic acids is 2. The van der Waals surface area contributed by atoms with Crippen molar-refractivity contribution in [2.24, 2.45) is 17.8 Å². The molecule has 4 unspecified atom stereocenters. The molecule has 4 rings (SSSR count). The maximum atomic E-state index is 12.0. The molecule has 0 aromatic rings. The van der Waals surface area contributed by atoms with Gasteiger partial charge in [0.25, 0.3) is 0 Å². The summed E-state index contributed by atoms with van der Waals surface area (Å²) in [5.41, 5.74) is 0. The highest BCUT2D eigenvalue weighted by molar-refractivity contribution is 5.77. The van der Waals surface area contributed by atoms with Crippen molar-refractivity contribution in [3.63, 3.8) is 0 Å². The maximum absolute atomic E-state index is 12.0. The summed E-state index contributed by atoms with van der Waals surface area (Å²) in [7, 11) is 1.44. The summed E-state index contributed by atoms with van der Waals surface area (Å²) in [5.74, 6) is 1.05. The van der Waals surface area contributed by atoms with E-state index in [0.29, 0.717) is 37.7 Å². The fraction of sp³-hybridized carbons (Fsp3) is 0.882. The minimum Gasteiger partial charge on any atom is -0.466 e. The van der Waals surface area contributed by atoms with Crippen molar-refractivity contribution in [1.82, 2.24) is 9.80 Å². The van der Waals surface area contributed by atoms with E-state index in [1.165, 1.54) is 7.11 Å². The van der Waals surface area contributed by atoms with Gasteiger partial charge in [0.05, 0.1) is 44.9 Å². The maximum Gasteiger partial charge on any atom is 0.410 e. The Labute approximate surface area is 142 Å². The Hall–Kier alpha value is -1.34. The first-order valence-electron chi connectivity index (χ1n) is 8.98. The van der Waals surface area contributed by atoms with Gasteiger partial charge >= 0.3 is 12.1 Å². The van der Waals surface area contributed by atoms with Gasteiger partial charge in [-0.3, -0.25) is 14.6 Å². The van der Waals surface area contributed by atoms with Crippen molar-refractivity contribution in [2.45, 2.75) is 37.9 Å². The van der Waals surface area contributed by atoms with Crippen molar-refractivity contribution in [3.8, 4) is 0 Å². The Morgan fingerprint density at radius 2 is 1.71 bits per heavy atom. The molecular weight excluding hydrogens is 312 g/mol. The lowest BCUT2D eigenvalue weighted by Gasteiger charge is -2.49. The number of rotatable bonds is 3. The van der Waals surface area contributed by atoms with E-state index in [1.54, 1.807) is 0 Å². The monoisotopic (exact) mass is 338 g/mol. The van der Waals surface area contributed by atoms with Crippen LogP contribution in [0.1, 0.15) is 19.8 Å². The van der Waals surface area contributed by atoms with Crippen LogP contribution in [0, 0.1) is 17.8 Å². The molecule has 0 spiro atoms. The second-order valence-corrected chi connectivity index (χ2v) is 7.41. The van der Waals surface area contributed by atoms with Gasteiger partial charge < -0.3 is 14.2 Å². The van der Waals surface area contributed by atoms with Crippen LogP contribution in [0.4, 0.5) is 4.79 Å². The summed E-state index contributed by atoms with van der Waals surface area (Å²) in [4.78, 5) is 28.3. The smallest absolute Gasteiger partial charge is 0.410 e. The molecule has 0 aromatic carbocycles. The van der Waals surface area contributed by atoms with Crippen LogP contribution in [0.3, 0.4) is 0 Å². The van der Waals surface area contributed by atoms with Gasteiger partial charge in [0.15, 0.2) is 0 Å². The first-order valence-corrected chi connectivity index (χ1v) is 8.98. The number of carbonyl (C=O) groups is 2. The van der Waals surface area contributed by atoms with E-state index in [4.69, 9.17) is 14.2 Å². The van der Waals surface area contributed by atoms with Gasteiger partial charge in [-0.05, 0) is 31.6 Å². The number of fused-ring (bicyclic) bond motifs is 3. The normalized spacial score (nSPS) is 40.8. The Balaban J connectivity index is 1.35. The molecule has 1 saturated carbocycles. The van der Waals surface area contributed by atoms with E-state index in [-0.39, 0.29) is 30.1 Å². The molecule has 1 amide bonds. The number of esters is 1. The van der Waals surface area contributed by atoms with Crippen LogP contribution in [0.2, 0.25) is 0 Å². The highest BCUT2D eigenvalue weighted by atomic mass is 16.5. The summed E-state index contributed by atoms with van der Waals surface area (Å²) in [6.45, 7) is 5.48. The van der Waals surface area contributed by atoms with E-state index >= 15 is 0 Å². The molecule has 0 aromatic heterocycles. The second kappa shape index (κ2) is 6.19. The summed E-state index contributed by atoms with van der Waals surface area (Å²) in [6.07, 6.45) is 1.61. The third kappa shape index (κ3) is 2.58. The van der Waals surface area contributed by atoms with Gasteiger partial charge in [0.2, 0.25) is 0 Å². The Kier molecular flexibility index (Phi) is 4.16. The quantitative estimate of drug-likeness (QED) is 0.707. The zero-order valence-electron chi connectivity index (χ0n) is 14.3. The van der Waals surface area contributed by atoms with Crippen molar-refractivity contribution in [2.75, 3.05) is 40.0 Å². The lowest BCUT2D eigenvalue weighted by Crippen LogP contribution is -2.62. The zero-order valence-corrected chi connectivity index (χ0v) is 14.3. The standard InChI is InChI=1S/C17H26N2O5/c1-3-24-16(20)15-13-6-18(7-14(13)15)10-4-11-8-23-9-12(5-10)19(11)17(21)22-2/h10-15H,3-9H2,1-2H3. The van der Waals surface area contributed by atoms with Crippen LogP contribution in [-0.4, -0.2) is 80.0 Å². The number of methoxy groups -OCH3 is 1. The number of ether oxygens (including phenoxy) is 3. The van der Waals surface area contributed by atoms with Crippen molar-refractivity contribution >= 4 is 12.1 Å². The van der Waals surface area contributed by atoms with Crippen LogP contribution < -0.4 is 0 Å². The van der Waals surface area contributed by atoms with E-state index in [9.17, 15) is 9.59 Å². The van der Waals surface area contributed by atoms with Gasteiger partial charge in [-0.1, -0.05) is 0 Å². The van der Waals surface area contributed by atoms with Gasteiger partial charge in [0, 0.05) is 19.1 Å². The van der Waals surface area contributed by atoms with E-state index < -0.39 is 0 Å². The zero-order chi connectivity index (χ0) is 16.8. The lowest BCUT2D eigenvalue weighted by molar-refractivity contribution is -0.146. The fourth-order valence-electron chi connectivity index (χ4n) is 5.03. The molecule has 4 aliphatic rings. The number of piperidine rings is 2. The Bertz CT molecular complexity index is 501. The summed E-state index contributed by atoms with van der Waals surface area (Å²) in [6, 6.07) is 0.681. The average Bonchev–Trinajstić information content (AvgIpc) is 3.07. The second-order valence-electron chi connectivity index (χ2n) is 7.41. The van der Waals surface area contributed by atoms with E-state index in [1.807, 2.05) is 11.8 Å². The molecule has 0 N–H and O–H groups in total.